The molecule has 21 heavy (non-hydrogen) atoms. The molecule has 5 nitrogen and oxygen atoms in total. The molecule has 0 spiro atoms. The van der Waals surface area contributed by atoms with Crippen LogP contribution in [0.1, 0.15) is 59.8 Å². The molecule has 0 aliphatic heterocycles. The minimum absolute atomic E-state index is 0. The molecule has 0 unspecified atom stereocenters. The molecule has 126 valence electrons. The third kappa shape index (κ3) is 7.67. The topological polar surface area (TPSA) is 75.4 Å². The minimum Gasteiger partial charge on any atom is -0.349 e. The highest BCUT2D eigenvalue weighted by atomic mass is 35.5. The van der Waals surface area contributed by atoms with Crippen molar-refractivity contribution in [2.24, 2.45) is 5.73 Å². The van der Waals surface area contributed by atoms with Crippen LogP contribution in [0.25, 0.3) is 0 Å². The number of hydrogen-bond donors (Lipinski definition) is 2. The van der Waals surface area contributed by atoms with Gasteiger partial charge in [-0.3, -0.25) is 9.59 Å². The van der Waals surface area contributed by atoms with Crippen LogP contribution in [0.4, 0.5) is 0 Å². The summed E-state index contributed by atoms with van der Waals surface area (Å²) in [5, 5.41) is 3.02. The number of rotatable bonds is 10. The van der Waals surface area contributed by atoms with Gasteiger partial charge in [-0.05, 0) is 33.1 Å². The molecule has 0 aromatic rings. The quantitative estimate of drug-likeness (QED) is 0.647. The zero-order valence-electron chi connectivity index (χ0n) is 13.9. The minimum atomic E-state index is -0.292. The van der Waals surface area contributed by atoms with Gasteiger partial charge in [0.05, 0.1) is 5.54 Å². The number of nitrogens with two attached hydrogens (primary N) is 1. The van der Waals surface area contributed by atoms with Crippen molar-refractivity contribution in [1.82, 2.24) is 10.2 Å². The van der Waals surface area contributed by atoms with E-state index < -0.39 is 0 Å². The van der Waals surface area contributed by atoms with E-state index in [1.807, 2.05) is 27.7 Å². The molecule has 0 fully saturated rings. The standard InChI is InChI=1S/C15H31N3O2.ClH/c1-5-15(6-2,12-16)17-13(19)10-9-11-14(20)18(7-3)8-4;/h5-12,16H2,1-4H3,(H,17,19);1H. The maximum absolute atomic E-state index is 11.9. The summed E-state index contributed by atoms with van der Waals surface area (Å²) in [6.45, 7) is 9.89. The second-order valence-corrected chi connectivity index (χ2v) is 5.16. The van der Waals surface area contributed by atoms with Crippen molar-refractivity contribution in [3.8, 4) is 0 Å². The van der Waals surface area contributed by atoms with Crippen LogP contribution < -0.4 is 11.1 Å². The van der Waals surface area contributed by atoms with Gasteiger partial charge in [-0.2, -0.15) is 0 Å². The average molecular weight is 322 g/mol. The van der Waals surface area contributed by atoms with E-state index >= 15 is 0 Å². The molecule has 0 bridgehead atoms. The van der Waals surface area contributed by atoms with Gasteiger partial charge in [-0.15, -0.1) is 12.4 Å². The Morgan fingerprint density at radius 3 is 1.95 bits per heavy atom. The van der Waals surface area contributed by atoms with Gasteiger partial charge in [-0.25, -0.2) is 0 Å². The van der Waals surface area contributed by atoms with Crippen LogP contribution in [-0.4, -0.2) is 41.9 Å². The smallest absolute Gasteiger partial charge is 0.222 e. The zero-order chi connectivity index (χ0) is 15.6. The molecule has 0 aliphatic carbocycles. The monoisotopic (exact) mass is 321 g/mol. The maximum Gasteiger partial charge on any atom is 0.222 e. The lowest BCUT2D eigenvalue weighted by Gasteiger charge is -2.31. The normalized spacial score (nSPS) is 10.7. The molecule has 2 amide bonds. The molecule has 0 aromatic heterocycles. The summed E-state index contributed by atoms with van der Waals surface area (Å²) in [4.78, 5) is 25.5. The number of carbonyl (C=O) groups excluding carboxylic acids is 2. The number of hydrogen-bond acceptors (Lipinski definition) is 3. The summed E-state index contributed by atoms with van der Waals surface area (Å²) in [6.07, 6.45) is 3.06. The number of halogens is 1. The van der Waals surface area contributed by atoms with Crippen molar-refractivity contribution in [2.75, 3.05) is 19.6 Å². The molecule has 0 rings (SSSR count). The predicted molar refractivity (Wildman–Crippen MR) is 89.5 cm³/mol. The second kappa shape index (κ2) is 11.8. The molecule has 0 radical (unpaired) electrons. The highest BCUT2D eigenvalue weighted by Crippen LogP contribution is 2.13. The first-order chi connectivity index (χ1) is 9.48. The van der Waals surface area contributed by atoms with Crippen molar-refractivity contribution in [3.63, 3.8) is 0 Å². The third-order valence-corrected chi connectivity index (χ3v) is 4.06. The fraction of sp³-hybridized carbons (Fsp3) is 0.867. The van der Waals surface area contributed by atoms with E-state index in [4.69, 9.17) is 5.73 Å². The Labute approximate surface area is 135 Å². The predicted octanol–water partition coefficient (Wildman–Crippen LogP) is 2.08. The second-order valence-electron chi connectivity index (χ2n) is 5.16. The van der Waals surface area contributed by atoms with E-state index in [2.05, 4.69) is 5.32 Å². The first-order valence-electron chi connectivity index (χ1n) is 7.77. The summed E-state index contributed by atoms with van der Waals surface area (Å²) in [7, 11) is 0. The average Bonchev–Trinajstić information content (AvgIpc) is 2.46. The zero-order valence-corrected chi connectivity index (χ0v) is 14.7. The SMILES string of the molecule is CCN(CC)C(=O)CCCC(=O)NC(CC)(CC)CN.Cl. The van der Waals surface area contributed by atoms with Gasteiger partial charge in [0.1, 0.15) is 0 Å². The van der Waals surface area contributed by atoms with Crippen LogP contribution in [0.15, 0.2) is 0 Å². The molecule has 0 aliphatic rings. The Morgan fingerprint density at radius 1 is 1.05 bits per heavy atom. The van der Waals surface area contributed by atoms with Crippen molar-refractivity contribution in [2.45, 2.75) is 65.3 Å². The summed E-state index contributed by atoms with van der Waals surface area (Å²) in [6, 6.07) is 0. The van der Waals surface area contributed by atoms with Gasteiger partial charge in [0.15, 0.2) is 0 Å². The first kappa shape index (κ1) is 22.5. The number of nitrogens with one attached hydrogen (secondary N) is 1. The van der Waals surface area contributed by atoms with Gasteiger partial charge in [0.2, 0.25) is 11.8 Å². The summed E-state index contributed by atoms with van der Waals surface area (Å²) in [5.41, 5.74) is 5.46. The third-order valence-electron chi connectivity index (χ3n) is 4.06. The molecular formula is C15H32ClN3O2. The first-order valence-corrected chi connectivity index (χ1v) is 7.77. The van der Waals surface area contributed by atoms with Gasteiger partial charge < -0.3 is 16.0 Å². The lowest BCUT2D eigenvalue weighted by atomic mass is 9.92. The highest BCUT2D eigenvalue weighted by molar-refractivity contribution is 5.85. The largest absolute Gasteiger partial charge is 0.349 e. The summed E-state index contributed by atoms with van der Waals surface area (Å²) < 4.78 is 0. The van der Waals surface area contributed by atoms with E-state index in [1.54, 1.807) is 4.90 Å². The van der Waals surface area contributed by atoms with Crippen LogP contribution >= 0.6 is 12.4 Å². The number of carbonyl (C=O) groups is 2. The lowest BCUT2D eigenvalue weighted by Crippen LogP contribution is -2.52. The molecule has 6 heteroatoms. The molecule has 0 aromatic carbocycles. The van der Waals surface area contributed by atoms with Crippen LogP contribution in [0, 0.1) is 0 Å². The molecule has 3 N–H and O–H groups in total. The molecule has 0 atom stereocenters. The molecule has 0 saturated heterocycles. The molecular weight excluding hydrogens is 290 g/mol. The van der Waals surface area contributed by atoms with Gasteiger partial charge >= 0.3 is 0 Å². The highest BCUT2D eigenvalue weighted by Gasteiger charge is 2.25. The van der Waals surface area contributed by atoms with Crippen molar-refractivity contribution in [1.29, 1.82) is 0 Å². The van der Waals surface area contributed by atoms with Crippen molar-refractivity contribution >= 4 is 24.2 Å². The van der Waals surface area contributed by atoms with E-state index in [-0.39, 0.29) is 29.8 Å². The van der Waals surface area contributed by atoms with E-state index in [0.29, 0.717) is 25.8 Å². The number of nitrogens with zero attached hydrogens (tertiary/aromatic N) is 1. The van der Waals surface area contributed by atoms with Crippen LogP contribution in [0.5, 0.6) is 0 Å². The maximum atomic E-state index is 11.9. The Hall–Kier alpha value is -0.810. The van der Waals surface area contributed by atoms with E-state index in [9.17, 15) is 9.59 Å². The van der Waals surface area contributed by atoms with E-state index in [1.165, 1.54) is 0 Å². The van der Waals surface area contributed by atoms with Crippen LogP contribution in [-0.2, 0) is 9.59 Å². The van der Waals surface area contributed by atoms with Gasteiger partial charge in [0, 0.05) is 32.5 Å². The Kier molecular flexibility index (Phi) is 12.6. The van der Waals surface area contributed by atoms with Gasteiger partial charge in [-0.1, -0.05) is 13.8 Å². The van der Waals surface area contributed by atoms with Crippen molar-refractivity contribution < 1.29 is 9.59 Å². The Bertz CT molecular complexity index is 295. The molecule has 0 heterocycles. The summed E-state index contributed by atoms with van der Waals surface area (Å²) >= 11 is 0. The van der Waals surface area contributed by atoms with Gasteiger partial charge in [0.25, 0.3) is 0 Å². The van der Waals surface area contributed by atoms with Crippen molar-refractivity contribution in [3.05, 3.63) is 0 Å². The number of amides is 2. The fourth-order valence-corrected chi connectivity index (χ4v) is 2.26. The molecule has 0 saturated carbocycles. The Morgan fingerprint density at radius 2 is 1.57 bits per heavy atom. The van der Waals surface area contributed by atoms with E-state index in [0.717, 1.165) is 25.9 Å². The lowest BCUT2D eigenvalue weighted by molar-refractivity contribution is -0.131. The fourth-order valence-electron chi connectivity index (χ4n) is 2.26. The Balaban J connectivity index is 0. The summed E-state index contributed by atoms with van der Waals surface area (Å²) in [5.74, 6) is 0.116. The van der Waals surface area contributed by atoms with Crippen LogP contribution in [0.2, 0.25) is 0 Å². The van der Waals surface area contributed by atoms with Crippen LogP contribution in [0.3, 0.4) is 0 Å².